The van der Waals surface area contributed by atoms with Crippen LogP contribution in [0.1, 0.15) is 40.0 Å². The first-order valence-electron chi connectivity index (χ1n) is 11.9. The lowest BCUT2D eigenvalue weighted by molar-refractivity contribution is -0.134. The molecule has 1 aromatic heterocycles. The summed E-state index contributed by atoms with van der Waals surface area (Å²) in [7, 11) is 0. The number of nitrogens with zero attached hydrogens (tertiary/aromatic N) is 3. The smallest absolute Gasteiger partial charge is 0.339 e. The maximum Gasteiger partial charge on any atom is 0.339 e. The molecule has 5 rings (SSSR count). The van der Waals surface area contributed by atoms with E-state index in [1.165, 1.54) is 6.07 Å². The second-order valence-electron chi connectivity index (χ2n) is 9.04. The van der Waals surface area contributed by atoms with Crippen LogP contribution in [0.15, 0.2) is 42.5 Å². The molecule has 0 radical (unpaired) electrons. The van der Waals surface area contributed by atoms with Crippen LogP contribution in [0.25, 0.3) is 10.9 Å². The number of amides is 1. The summed E-state index contributed by atoms with van der Waals surface area (Å²) in [6.45, 7) is 3.65. The molecule has 1 aliphatic heterocycles. The fourth-order valence-electron chi connectivity index (χ4n) is 4.97. The third-order valence-electron chi connectivity index (χ3n) is 6.77. The van der Waals surface area contributed by atoms with Crippen LogP contribution in [0.2, 0.25) is 0 Å². The second-order valence-corrected chi connectivity index (χ2v) is 9.04. The molecular formula is C27H28FN3O3. The molecule has 0 N–H and O–H groups in total. The average molecular weight is 462 g/mol. The number of carbonyl (C=O) groups is 2. The van der Waals surface area contributed by atoms with Gasteiger partial charge in [-0.15, -0.1) is 0 Å². The highest BCUT2D eigenvalue weighted by Crippen LogP contribution is 2.30. The van der Waals surface area contributed by atoms with Crippen molar-refractivity contribution in [1.82, 2.24) is 9.88 Å². The number of anilines is 1. The molecule has 6 nitrogen and oxygen atoms in total. The Bertz CT molecular complexity index is 1250. The van der Waals surface area contributed by atoms with E-state index in [0.717, 1.165) is 53.4 Å². The summed E-state index contributed by atoms with van der Waals surface area (Å²) in [5.41, 5.74) is 4.85. The van der Waals surface area contributed by atoms with Crippen molar-refractivity contribution in [2.75, 3.05) is 37.7 Å². The number of carbonyl (C=O) groups excluding carboxylic acids is 2. The van der Waals surface area contributed by atoms with Gasteiger partial charge in [-0.2, -0.15) is 0 Å². The van der Waals surface area contributed by atoms with E-state index >= 15 is 0 Å². The summed E-state index contributed by atoms with van der Waals surface area (Å²) in [6.07, 6.45) is 3.72. The van der Waals surface area contributed by atoms with E-state index in [9.17, 15) is 14.0 Å². The van der Waals surface area contributed by atoms with Crippen LogP contribution < -0.4 is 4.90 Å². The number of aryl methyl sites for hydroxylation is 2. The number of benzene rings is 2. The topological polar surface area (TPSA) is 62.7 Å². The molecule has 2 aromatic carbocycles. The molecule has 2 heterocycles. The van der Waals surface area contributed by atoms with Gasteiger partial charge in [0.25, 0.3) is 5.91 Å². The number of hydrogen-bond donors (Lipinski definition) is 0. The third kappa shape index (κ3) is 4.34. The van der Waals surface area contributed by atoms with Crippen LogP contribution in [-0.2, 0) is 22.4 Å². The van der Waals surface area contributed by atoms with Gasteiger partial charge in [-0.05, 0) is 62.4 Å². The van der Waals surface area contributed by atoms with Gasteiger partial charge >= 0.3 is 5.97 Å². The molecule has 2 aliphatic rings. The molecule has 0 unspecified atom stereocenters. The van der Waals surface area contributed by atoms with E-state index in [0.29, 0.717) is 37.4 Å². The predicted molar refractivity (Wildman–Crippen MR) is 129 cm³/mol. The van der Waals surface area contributed by atoms with E-state index < -0.39 is 5.97 Å². The number of aromatic nitrogens is 1. The van der Waals surface area contributed by atoms with Gasteiger partial charge < -0.3 is 14.5 Å². The molecule has 0 saturated carbocycles. The second kappa shape index (κ2) is 9.41. The van der Waals surface area contributed by atoms with Crippen LogP contribution >= 0.6 is 0 Å². The van der Waals surface area contributed by atoms with Crippen LogP contribution in [0.4, 0.5) is 10.1 Å². The van der Waals surface area contributed by atoms with E-state index in [-0.39, 0.29) is 18.3 Å². The number of pyridine rings is 1. The molecule has 34 heavy (non-hydrogen) atoms. The maximum atomic E-state index is 14.1. The molecular weight excluding hydrogens is 433 g/mol. The van der Waals surface area contributed by atoms with Crippen molar-refractivity contribution in [3.8, 4) is 0 Å². The van der Waals surface area contributed by atoms with Crippen molar-refractivity contribution in [3.63, 3.8) is 0 Å². The first-order valence-corrected chi connectivity index (χ1v) is 11.9. The van der Waals surface area contributed by atoms with Crippen LogP contribution in [0.5, 0.6) is 0 Å². The number of piperazine rings is 1. The Hall–Kier alpha value is -3.48. The summed E-state index contributed by atoms with van der Waals surface area (Å²) in [6, 6.07) is 12.6. The molecule has 1 saturated heterocycles. The Kier molecular flexibility index (Phi) is 6.18. The highest BCUT2D eigenvalue weighted by Gasteiger charge is 2.26. The first-order chi connectivity index (χ1) is 16.5. The summed E-state index contributed by atoms with van der Waals surface area (Å²) < 4.78 is 19.6. The Morgan fingerprint density at radius 2 is 1.79 bits per heavy atom. The number of halogens is 1. The first kappa shape index (κ1) is 22.3. The number of fused-ring (bicyclic) bond motifs is 2. The molecule has 176 valence electrons. The minimum absolute atomic E-state index is 0.232. The summed E-state index contributed by atoms with van der Waals surface area (Å²) in [4.78, 5) is 34.4. The normalized spacial score (nSPS) is 15.8. The number of ether oxygens (including phenoxy) is 1. The molecule has 1 aliphatic carbocycles. The maximum absolute atomic E-state index is 14.1. The highest BCUT2D eigenvalue weighted by atomic mass is 19.1. The van der Waals surface area contributed by atoms with E-state index in [1.807, 2.05) is 30.0 Å². The van der Waals surface area contributed by atoms with Crippen molar-refractivity contribution in [2.24, 2.45) is 0 Å². The Labute approximate surface area is 198 Å². The third-order valence-corrected chi connectivity index (χ3v) is 6.77. The van der Waals surface area contributed by atoms with Gasteiger partial charge in [0.2, 0.25) is 0 Å². The van der Waals surface area contributed by atoms with Crippen LogP contribution in [0, 0.1) is 12.7 Å². The van der Waals surface area contributed by atoms with E-state index in [2.05, 4.69) is 0 Å². The van der Waals surface area contributed by atoms with Crippen LogP contribution in [0.3, 0.4) is 0 Å². The largest absolute Gasteiger partial charge is 0.452 e. The van der Waals surface area contributed by atoms with Crippen molar-refractivity contribution in [2.45, 2.75) is 32.6 Å². The quantitative estimate of drug-likeness (QED) is 0.548. The monoisotopic (exact) mass is 461 g/mol. The Balaban J connectivity index is 1.27. The summed E-state index contributed by atoms with van der Waals surface area (Å²) in [5.74, 6) is -0.959. The van der Waals surface area contributed by atoms with Crippen molar-refractivity contribution >= 4 is 28.5 Å². The van der Waals surface area contributed by atoms with E-state index in [4.69, 9.17) is 9.72 Å². The van der Waals surface area contributed by atoms with Crippen molar-refractivity contribution < 1.29 is 18.7 Å². The van der Waals surface area contributed by atoms with Gasteiger partial charge in [-0.25, -0.2) is 9.18 Å². The summed E-state index contributed by atoms with van der Waals surface area (Å²) >= 11 is 0. The minimum atomic E-state index is -0.463. The molecule has 0 atom stereocenters. The number of para-hydroxylation sites is 1. The number of hydrogen-bond acceptors (Lipinski definition) is 5. The molecule has 0 spiro atoms. The highest BCUT2D eigenvalue weighted by molar-refractivity contribution is 6.05. The lowest BCUT2D eigenvalue weighted by atomic mass is 9.89. The lowest BCUT2D eigenvalue weighted by Crippen LogP contribution is -2.50. The average Bonchev–Trinajstić information content (AvgIpc) is 2.86. The number of rotatable bonds is 4. The van der Waals surface area contributed by atoms with Gasteiger partial charge in [-0.3, -0.25) is 9.78 Å². The summed E-state index contributed by atoms with van der Waals surface area (Å²) in [5, 5.41) is 0.789. The fraction of sp³-hybridized carbons (Fsp3) is 0.370. The lowest BCUT2D eigenvalue weighted by Gasteiger charge is -2.36. The zero-order valence-electron chi connectivity index (χ0n) is 19.3. The molecule has 0 bridgehead atoms. The zero-order chi connectivity index (χ0) is 23.7. The minimum Gasteiger partial charge on any atom is -0.452 e. The molecule has 1 amide bonds. The molecule has 1 fully saturated rings. The fourth-order valence-corrected chi connectivity index (χ4v) is 4.97. The molecule has 3 aromatic rings. The SMILES string of the molecule is Cc1ccc2nc3c(c(C(=O)OCC(=O)N4CCN(c5ccccc5F)CC4)c2c1)CCCC3. The molecule has 7 heteroatoms. The van der Waals surface area contributed by atoms with Gasteiger partial charge in [0, 0.05) is 37.3 Å². The van der Waals surface area contributed by atoms with Crippen molar-refractivity contribution in [3.05, 3.63) is 70.7 Å². The van der Waals surface area contributed by atoms with Gasteiger partial charge in [-0.1, -0.05) is 23.8 Å². The zero-order valence-corrected chi connectivity index (χ0v) is 19.3. The predicted octanol–water partition coefficient (Wildman–Crippen LogP) is 4.07. The standard InChI is InChI=1S/C27H28FN3O3/c1-18-10-11-23-20(16-18)26(19-6-2-4-8-22(19)29-23)27(33)34-17-25(32)31-14-12-30(13-15-31)24-9-5-3-7-21(24)28/h3,5,7,9-11,16H,2,4,6,8,12-15,17H2,1H3. The van der Waals surface area contributed by atoms with Crippen LogP contribution in [-0.4, -0.2) is 54.5 Å². The van der Waals surface area contributed by atoms with Crippen molar-refractivity contribution in [1.29, 1.82) is 0 Å². The van der Waals surface area contributed by atoms with E-state index in [1.54, 1.807) is 23.1 Å². The Morgan fingerprint density at radius 1 is 1.03 bits per heavy atom. The van der Waals surface area contributed by atoms with Gasteiger partial charge in [0.05, 0.1) is 16.8 Å². The number of esters is 1. The van der Waals surface area contributed by atoms with Gasteiger partial charge in [0.1, 0.15) is 5.82 Å². The Morgan fingerprint density at radius 3 is 2.59 bits per heavy atom. The van der Waals surface area contributed by atoms with Gasteiger partial charge in [0.15, 0.2) is 6.61 Å².